The molecule has 144 valence electrons. The fraction of sp³-hybridized carbons (Fsp3) is 0.458. The molecule has 1 aliphatic rings. The molecule has 1 aliphatic heterocycles. The van der Waals surface area contributed by atoms with E-state index in [1.807, 2.05) is 30.0 Å². The molecule has 0 saturated carbocycles. The van der Waals surface area contributed by atoms with Crippen molar-refractivity contribution in [2.75, 3.05) is 24.5 Å². The fourth-order valence-electron chi connectivity index (χ4n) is 3.95. The van der Waals surface area contributed by atoms with Crippen LogP contribution in [0.4, 0.5) is 5.69 Å². The Kier molecular flexibility index (Phi) is 7.05. The Bertz CT molecular complexity index is 703. The molecule has 1 heterocycles. The van der Waals surface area contributed by atoms with Gasteiger partial charge in [0.2, 0.25) is 5.91 Å². The Morgan fingerprint density at radius 2 is 1.59 bits per heavy atom. The number of aryl methyl sites for hydroxylation is 1. The molecule has 1 fully saturated rings. The van der Waals surface area contributed by atoms with Crippen molar-refractivity contribution in [3.63, 3.8) is 0 Å². The summed E-state index contributed by atoms with van der Waals surface area (Å²) in [7, 11) is 0. The molecule has 27 heavy (non-hydrogen) atoms. The van der Waals surface area contributed by atoms with Crippen LogP contribution >= 0.6 is 0 Å². The summed E-state index contributed by atoms with van der Waals surface area (Å²) in [4.78, 5) is 17.2. The van der Waals surface area contributed by atoms with Gasteiger partial charge < -0.3 is 9.80 Å². The van der Waals surface area contributed by atoms with Crippen molar-refractivity contribution >= 4 is 11.6 Å². The first-order valence-electron chi connectivity index (χ1n) is 10.4. The lowest BCUT2D eigenvalue weighted by molar-refractivity contribution is -0.119. The normalized spacial score (nSPS) is 15.6. The van der Waals surface area contributed by atoms with Crippen molar-refractivity contribution in [3.8, 4) is 0 Å². The number of benzene rings is 2. The fourth-order valence-corrected chi connectivity index (χ4v) is 3.95. The van der Waals surface area contributed by atoms with E-state index in [0.717, 1.165) is 51.0 Å². The van der Waals surface area contributed by atoms with Gasteiger partial charge >= 0.3 is 0 Å². The molecule has 0 aliphatic carbocycles. The standard InChI is InChI=1S/C24H32N2O/c1-3-20-10-12-21(13-11-20)14-17-25-18-15-23(16-19-25)26(24(27)4-2)22-8-6-5-7-9-22/h5-13,23H,3-4,14-19H2,1-2H3. The summed E-state index contributed by atoms with van der Waals surface area (Å²) in [6, 6.07) is 19.5. The van der Waals surface area contributed by atoms with Crippen molar-refractivity contribution in [3.05, 3.63) is 65.7 Å². The number of likely N-dealkylation sites (tertiary alicyclic amines) is 1. The van der Waals surface area contributed by atoms with Crippen LogP contribution in [0.1, 0.15) is 44.2 Å². The molecule has 3 rings (SSSR count). The molecule has 2 aromatic rings. The van der Waals surface area contributed by atoms with Gasteiger partial charge in [0.25, 0.3) is 0 Å². The first kappa shape index (κ1) is 19.6. The highest BCUT2D eigenvalue weighted by atomic mass is 16.2. The van der Waals surface area contributed by atoms with Gasteiger partial charge in [-0.05, 0) is 48.9 Å². The highest BCUT2D eigenvalue weighted by molar-refractivity contribution is 5.93. The smallest absolute Gasteiger partial charge is 0.226 e. The van der Waals surface area contributed by atoms with Crippen molar-refractivity contribution in [1.82, 2.24) is 4.90 Å². The van der Waals surface area contributed by atoms with Gasteiger partial charge in [0.15, 0.2) is 0 Å². The predicted octanol–water partition coefficient (Wildman–Crippen LogP) is 4.70. The van der Waals surface area contributed by atoms with Gasteiger partial charge in [-0.3, -0.25) is 4.79 Å². The molecule has 0 bridgehead atoms. The van der Waals surface area contributed by atoms with Crippen molar-refractivity contribution < 1.29 is 4.79 Å². The van der Waals surface area contributed by atoms with Crippen LogP contribution in [0.15, 0.2) is 54.6 Å². The summed E-state index contributed by atoms with van der Waals surface area (Å²) in [6.07, 6.45) is 4.86. The van der Waals surface area contributed by atoms with Gasteiger partial charge in [-0.25, -0.2) is 0 Å². The molecule has 0 spiro atoms. The summed E-state index contributed by atoms with van der Waals surface area (Å²) in [6.45, 7) is 7.39. The zero-order chi connectivity index (χ0) is 19.1. The highest BCUT2D eigenvalue weighted by Crippen LogP contribution is 2.24. The lowest BCUT2D eigenvalue weighted by Crippen LogP contribution is -2.47. The van der Waals surface area contributed by atoms with Gasteiger partial charge in [0.1, 0.15) is 0 Å². The number of piperidine rings is 1. The first-order valence-corrected chi connectivity index (χ1v) is 10.4. The van der Waals surface area contributed by atoms with Gasteiger partial charge in [0, 0.05) is 37.8 Å². The summed E-state index contributed by atoms with van der Waals surface area (Å²) < 4.78 is 0. The molecule has 0 unspecified atom stereocenters. The monoisotopic (exact) mass is 364 g/mol. The van der Waals surface area contributed by atoms with Crippen molar-refractivity contribution in [2.45, 2.75) is 52.0 Å². The second-order valence-electron chi connectivity index (χ2n) is 7.45. The maximum atomic E-state index is 12.6. The summed E-state index contributed by atoms with van der Waals surface area (Å²) in [5, 5.41) is 0. The van der Waals surface area contributed by atoms with E-state index in [-0.39, 0.29) is 5.91 Å². The minimum atomic E-state index is 0.232. The first-order chi connectivity index (χ1) is 13.2. The minimum Gasteiger partial charge on any atom is -0.309 e. The van der Waals surface area contributed by atoms with Crippen molar-refractivity contribution in [2.24, 2.45) is 0 Å². The molecule has 0 radical (unpaired) electrons. The number of para-hydroxylation sites is 1. The average molecular weight is 365 g/mol. The van der Waals surface area contributed by atoms with Crippen LogP contribution in [0.5, 0.6) is 0 Å². The maximum absolute atomic E-state index is 12.6. The molecule has 2 aromatic carbocycles. The van der Waals surface area contributed by atoms with E-state index in [2.05, 4.69) is 48.2 Å². The van der Waals surface area contributed by atoms with Gasteiger partial charge in [-0.15, -0.1) is 0 Å². The number of carbonyl (C=O) groups excluding carboxylic acids is 1. The third kappa shape index (κ3) is 5.20. The van der Waals surface area contributed by atoms with Crippen LogP contribution in [-0.2, 0) is 17.6 Å². The molecular formula is C24H32N2O. The van der Waals surface area contributed by atoms with Crippen molar-refractivity contribution in [1.29, 1.82) is 0 Å². The third-order valence-electron chi connectivity index (χ3n) is 5.68. The Morgan fingerprint density at radius 1 is 0.963 bits per heavy atom. The summed E-state index contributed by atoms with van der Waals surface area (Å²) in [5.74, 6) is 0.232. The van der Waals surface area contributed by atoms with E-state index in [1.54, 1.807) is 0 Å². The summed E-state index contributed by atoms with van der Waals surface area (Å²) in [5.41, 5.74) is 3.86. The van der Waals surface area contributed by atoms with Crippen LogP contribution in [0.25, 0.3) is 0 Å². The second kappa shape index (κ2) is 9.70. The molecule has 3 heteroatoms. The average Bonchev–Trinajstić information content (AvgIpc) is 2.74. The zero-order valence-corrected chi connectivity index (χ0v) is 16.7. The van der Waals surface area contributed by atoms with Crippen LogP contribution in [-0.4, -0.2) is 36.5 Å². The van der Waals surface area contributed by atoms with Crippen LogP contribution in [0.2, 0.25) is 0 Å². The van der Waals surface area contributed by atoms with E-state index in [4.69, 9.17) is 0 Å². The van der Waals surface area contributed by atoms with E-state index in [0.29, 0.717) is 12.5 Å². The Balaban J connectivity index is 1.54. The number of hydrogen-bond acceptors (Lipinski definition) is 2. The molecule has 0 atom stereocenters. The van der Waals surface area contributed by atoms with E-state index < -0.39 is 0 Å². The molecule has 1 amide bonds. The van der Waals surface area contributed by atoms with Crippen LogP contribution < -0.4 is 4.90 Å². The summed E-state index contributed by atoms with van der Waals surface area (Å²) >= 11 is 0. The Labute approximate surface area is 164 Å². The number of amides is 1. The predicted molar refractivity (Wildman–Crippen MR) is 113 cm³/mol. The number of rotatable bonds is 7. The molecule has 1 saturated heterocycles. The highest BCUT2D eigenvalue weighted by Gasteiger charge is 2.28. The van der Waals surface area contributed by atoms with Gasteiger partial charge in [-0.2, -0.15) is 0 Å². The van der Waals surface area contributed by atoms with Crippen LogP contribution in [0.3, 0.4) is 0 Å². The molecular weight excluding hydrogens is 332 g/mol. The number of hydrogen-bond donors (Lipinski definition) is 0. The quantitative estimate of drug-likeness (QED) is 0.711. The zero-order valence-electron chi connectivity index (χ0n) is 16.7. The Hall–Kier alpha value is -2.13. The van der Waals surface area contributed by atoms with Gasteiger partial charge in [0.05, 0.1) is 0 Å². The molecule has 0 aromatic heterocycles. The van der Waals surface area contributed by atoms with Gasteiger partial charge in [-0.1, -0.05) is 56.3 Å². The van der Waals surface area contributed by atoms with E-state index >= 15 is 0 Å². The third-order valence-corrected chi connectivity index (χ3v) is 5.68. The number of anilines is 1. The largest absolute Gasteiger partial charge is 0.309 e. The number of carbonyl (C=O) groups is 1. The topological polar surface area (TPSA) is 23.6 Å². The minimum absolute atomic E-state index is 0.232. The van der Waals surface area contributed by atoms with Crippen LogP contribution in [0, 0.1) is 0 Å². The Morgan fingerprint density at radius 3 is 2.19 bits per heavy atom. The SMILES string of the molecule is CCC(=O)N(c1ccccc1)C1CCN(CCc2ccc(CC)cc2)CC1. The van der Waals surface area contributed by atoms with E-state index in [9.17, 15) is 4.79 Å². The molecule has 3 nitrogen and oxygen atoms in total. The lowest BCUT2D eigenvalue weighted by atomic mass is 10.0. The number of nitrogens with zero attached hydrogens (tertiary/aromatic N) is 2. The second-order valence-corrected chi connectivity index (χ2v) is 7.45. The maximum Gasteiger partial charge on any atom is 0.226 e. The van der Waals surface area contributed by atoms with E-state index in [1.165, 1.54) is 11.1 Å². The molecule has 0 N–H and O–H groups in total. The lowest BCUT2D eigenvalue weighted by Gasteiger charge is -2.38.